The summed E-state index contributed by atoms with van der Waals surface area (Å²) in [5.41, 5.74) is 3.50. The van der Waals surface area contributed by atoms with Crippen LogP contribution in [0.25, 0.3) is 0 Å². The number of aromatic hydroxyl groups is 1. The maximum atomic E-state index is 11.5. The van der Waals surface area contributed by atoms with E-state index in [1.807, 2.05) is 6.92 Å². The molecule has 2 N–H and O–H groups in total. The molecule has 14 heavy (non-hydrogen) atoms. The van der Waals surface area contributed by atoms with Gasteiger partial charge in [0.1, 0.15) is 11.4 Å². The molecule has 0 saturated carbocycles. The van der Waals surface area contributed by atoms with E-state index in [0.29, 0.717) is 12.1 Å². The number of benzene rings is 1. The Morgan fingerprint density at radius 1 is 1.50 bits per heavy atom. The number of nitrogens with one attached hydrogen (secondary N) is 1. The fourth-order valence-corrected chi connectivity index (χ4v) is 1.55. The number of amides is 1. The first-order chi connectivity index (χ1) is 6.68. The number of rotatable bonds is 1. The standard InChI is InChI=1S/C10H12N2O2/c1-7-6-10(14)12(11-7)8-4-2-3-5-9(8)13/h2-5,7,11,13H,6H2,1H3. The number of phenols is 1. The van der Waals surface area contributed by atoms with Crippen LogP contribution in [0.1, 0.15) is 13.3 Å². The van der Waals surface area contributed by atoms with Gasteiger partial charge in [-0.2, -0.15) is 0 Å². The minimum atomic E-state index is -0.0148. The number of anilines is 1. The molecule has 1 fully saturated rings. The SMILES string of the molecule is CC1CC(=O)N(c2ccccc2O)N1. The molecule has 0 spiro atoms. The Balaban J connectivity index is 2.32. The summed E-state index contributed by atoms with van der Waals surface area (Å²) in [6.07, 6.45) is 0.467. The molecule has 4 nitrogen and oxygen atoms in total. The number of hydrogen-bond acceptors (Lipinski definition) is 3. The quantitative estimate of drug-likeness (QED) is 0.698. The van der Waals surface area contributed by atoms with Gasteiger partial charge >= 0.3 is 0 Å². The van der Waals surface area contributed by atoms with Crippen molar-refractivity contribution in [3.05, 3.63) is 24.3 Å². The largest absolute Gasteiger partial charge is 0.506 e. The fourth-order valence-electron chi connectivity index (χ4n) is 1.55. The van der Waals surface area contributed by atoms with Gasteiger partial charge in [-0.3, -0.25) is 4.79 Å². The van der Waals surface area contributed by atoms with E-state index in [2.05, 4.69) is 5.43 Å². The zero-order valence-electron chi connectivity index (χ0n) is 7.90. The summed E-state index contributed by atoms with van der Waals surface area (Å²) in [6, 6.07) is 6.91. The summed E-state index contributed by atoms with van der Waals surface area (Å²) in [6.45, 7) is 1.93. The van der Waals surface area contributed by atoms with Gasteiger partial charge in [0, 0.05) is 12.5 Å². The molecule has 0 aromatic heterocycles. The molecule has 1 aliphatic rings. The number of phenolic OH excluding ortho intramolecular Hbond substituents is 1. The van der Waals surface area contributed by atoms with Gasteiger partial charge in [-0.05, 0) is 19.1 Å². The van der Waals surface area contributed by atoms with Gasteiger partial charge in [0.2, 0.25) is 5.91 Å². The first kappa shape index (κ1) is 9.02. The fraction of sp³-hybridized carbons (Fsp3) is 0.300. The number of hydrogen-bond donors (Lipinski definition) is 2. The Hall–Kier alpha value is -1.55. The van der Waals surface area contributed by atoms with Crippen LogP contribution in [0.15, 0.2) is 24.3 Å². The van der Waals surface area contributed by atoms with Crippen molar-refractivity contribution in [3.63, 3.8) is 0 Å². The second-order valence-corrected chi connectivity index (χ2v) is 3.45. The van der Waals surface area contributed by atoms with E-state index in [0.717, 1.165) is 0 Å². The number of para-hydroxylation sites is 2. The van der Waals surface area contributed by atoms with Crippen molar-refractivity contribution in [2.24, 2.45) is 0 Å². The molecule has 1 unspecified atom stereocenters. The average molecular weight is 192 g/mol. The van der Waals surface area contributed by atoms with Crippen molar-refractivity contribution in [1.29, 1.82) is 0 Å². The topological polar surface area (TPSA) is 52.6 Å². The van der Waals surface area contributed by atoms with Gasteiger partial charge in [-0.15, -0.1) is 0 Å². The summed E-state index contributed by atoms with van der Waals surface area (Å²) in [7, 11) is 0. The van der Waals surface area contributed by atoms with Crippen LogP contribution in [0.3, 0.4) is 0 Å². The lowest BCUT2D eigenvalue weighted by atomic mass is 10.2. The third-order valence-electron chi connectivity index (χ3n) is 2.20. The van der Waals surface area contributed by atoms with Crippen LogP contribution in [0.4, 0.5) is 5.69 Å². The predicted octanol–water partition coefficient (Wildman–Crippen LogP) is 1.02. The van der Waals surface area contributed by atoms with Gasteiger partial charge < -0.3 is 5.11 Å². The molecular weight excluding hydrogens is 180 g/mol. The summed E-state index contributed by atoms with van der Waals surface area (Å²) in [5, 5.41) is 10.9. The zero-order valence-corrected chi connectivity index (χ0v) is 7.90. The van der Waals surface area contributed by atoms with Crippen molar-refractivity contribution in [3.8, 4) is 5.75 Å². The normalized spacial score (nSPS) is 21.6. The van der Waals surface area contributed by atoms with E-state index in [1.165, 1.54) is 5.01 Å². The maximum Gasteiger partial charge on any atom is 0.243 e. The number of nitrogens with zero attached hydrogens (tertiary/aromatic N) is 1. The van der Waals surface area contributed by atoms with Crippen LogP contribution >= 0.6 is 0 Å². The molecule has 1 atom stereocenters. The highest BCUT2D eigenvalue weighted by molar-refractivity contribution is 5.96. The van der Waals surface area contributed by atoms with Crippen molar-refractivity contribution in [2.45, 2.75) is 19.4 Å². The van der Waals surface area contributed by atoms with E-state index >= 15 is 0 Å². The van der Waals surface area contributed by atoms with E-state index in [1.54, 1.807) is 24.3 Å². The second kappa shape index (κ2) is 3.31. The molecule has 1 aliphatic heterocycles. The van der Waals surface area contributed by atoms with Crippen LogP contribution in [-0.4, -0.2) is 17.1 Å². The van der Waals surface area contributed by atoms with Crippen LogP contribution < -0.4 is 10.4 Å². The number of carbonyl (C=O) groups excluding carboxylic acids is 1. The molecule has 1 amide bonds. The van der Waals surface area contributed by atoms with Crippen LogP contribution in [0, 0.1) is 0 Å². The Morgan fingerprint density at radius 3 is 2.79 bits per heavy atom. The molecule has 1 aromatic carbocycles. The minimum absolute atomic E-state index is 0.0148. The van der Waals surface area contributed by atoms with E-state index in [4.69, 9.17) is 0 Å². The van der Waals surface area contributed by atoms with Gasteiger partial charge in [0.15, 0.2) is 0 Å². The Kier molecular flexibility index (Phi) is 2.13. The molecule has 0 bridgehead atoms. The van der Waals surface area contributed by atoms with Crippen molar-refractivity contribution in [1.82, 2.24) is 5.43 Å². The number of carbonyl (C=O) groups is 1. The highest BCUT2D eigenvalue weighted by Gasteiger charge is 2.28. The monoisotopic (exact) mass is 192 g/mol. The summed E-state index contributed by atoms with van der Waals surface area (Å²) >= 11 is 0. The first-order valence-electron chi connectivity index (χ1n) is 4.55. The summed E-state index contributed by atoms with van der Waals surface area (Å²) in [4.78, 5) is 11.5. The minimum Gasteiger partial charge on any atom is -0.506 e. The van der Waals surface area contributed by atoms with E-state index in [-0.39, 0.29) is 17.7 Å². The zero-order chi connectivity index (χ0) is 10.1. The third-order valence-corrected chi connectivity index (χ3v) is 2.20. The van der Waals surface area contributed by atoms with Gasteiger partial charge in [0.25, 0.3) is 0 Å². The van der Waals surface area contributed by atoms with Crippen LogP contribution in [0.5, 0.6) is 5.75 Å². The summed E-state index contributed by atoms with van der Waals surface area (Å²) < 4.78 is 0. The number of hydrazine groups is 1. The Bertz CT molecular complexity index is 365. The van der Waals surface area contributed by atoms with Gasteiger partial charge in [0.05, 0.1) is 0 Å². The van der Waals surface area contributed by atoms with Gasteiger partial charge in [-0.1, -0.05) is 12.1 Å². The molecule has 0 radical (unpaired) electrons. The van der Waals surface area contributed by atoms with Crippen molar-refractivity contribution >= 4 is 11.6 Å². The predicted molar refractivity (Wildman–Crippen MR) is 52.8 cm³/mol. The summed E-state index contributed by atoms with van der Waals surface area (Å²) in [5.74, 6) is 0.0986. The van der Waals surface area contributed by atoms with Crippen LogP contribution in [-0.2, 0) is 4.79 Å². The smallest absolute Gasteiger partial charge is 0.243 e. The Morgan fingerprint density at radius 2 is 2.21 bits per heavy atom. The average Bonchev–Trinajstić information content (AvgIpc) is 2.46. The lowest BCUT2D eigenvalue weighted by Crippen LogP contribution is -2.36. The maximum absolute atomic E-state index is 11.5. The molecule has 74 valence electrons. The molecule has 1 saturated heterocycles. The lowest BCUT2D eigenvalue weighted by molar-refractivity contribution is -0.117. The van der Waals surface area contributed by atoms with Gasteiger partial charge in [-0.25, -0.2) is 10.4 Å². The second-order valence-electron chi connectivity index (χ2n) is 3.45. The van der Waals surface area contributed by atoms with Crippen molar-refractivity contribution < 1.29 is 9.90 Å². The molecule has 2 rings (SSSR count). The highest BCUT2D eigenvalue weighted by Crippen LogP contribution is 2.27. The lowest BCUT2D eigenvalue weighted by Gasteiger charge is -2.17. The molecule has 1 heterocycles. The first-order valence-corrected chi connectivity index (χ1v) is 4.55. The highest BCUT2D eigenvalue weighted by atomic mass is 16.3. The van der Waals surface area contributed by atoms with Crippen LogP contribution in [0.2, 0.25) is 0 Å². The van der Waals surface area contributed by atoms with E-state index in [9.17, 15) is 9.90 Å². The third kappa shape index (κ3) is 1.44. The molecule has 0 aliphatic carbocycles. The molecular formula is C10H12N2O2. The van der Waals surface area contributed by atoms with Crippen molar-refractivity contribution in [2.75, 3.05) is 5.01 Å². The van der Waals surface area contributed by atoms with E-state index < -0.39 is 0 Å². The molecule has 4 heteroatoms. The Labute approximate surface area is 82.1 Å². The molecule has 1 aromatic rings.